The van der Waals surface area contributed by atoms with E-state index in [2.05, 4.69) is 13.8 Å². The first-order valence-electron chi connectivity index (χ1n) is 5.08. The van der Waals surface area contributed by atoms with Gasteiger partial charge in [-0.15, -0.1) is 0 Å². The van der Waals surface area contributed by atoms with E-state index in [0.717, 1.165) is 0 Å². The summed E-state index contributed by atoms with van der Waals surface area (Å²) >= 11 is 0. The van der Waals surface area contributed by atoms with Gasteiger partial charge in [-0.1, -0.05) is 13.8 Å². The van der Waals surface area contributed by atoms with Gasteiger partial charge < -0.3 is 19.0 Å². The van der Waals surface area contributed by atoms with E-state index in [1.807, 2.05) is 13.8 Å². The smallest absolute Gasteiger partial charge is 0.377 e. The van der Waals surface area contributed by atoms with E-state index in [1.165, 1.54) is 0 Å². The minimum Gasteiger partial charge on any atom is -0.377 e. The van der Waals surface area contributed by atoms with Crippen LogP contribution in [0.1, 0.15) is 27.7 Å². The van der Waals surface area contributed by atoms with Crippen molar-refractivity contribution in [3.8, 4) is 0 Å². The van der Waals surface area contributed by atoms with Crippen molar-refractivity contribution in [3.63, 3.8) is 0 Å². The van der Waals surface area contributed by atoms with Crippen LogP contribution in [0, 0.1) is 5.41 Å². The van der Waals surface area contributed by atoms with Crippen molar-refractivity contribution < 1.29 is 13.3 Å². The van der Waals surface area contributed by atoms with Crippen molar-refractivity contribution in [1.82, 2.24) is 0 Å². The van der Waals surface area contributed by atoms with Crippen LogP contribution in [0.4, 0.5) is 0 Å². The molecular formula is C10H25NO3Si. The molecule has 0 unspecified atom stereocenters. The molecule has 0 aliphatic heterocycles. The van der Waals surface area contributed by atoms with Crippen molar-refractivity contribution in [2.75, 3.05) is 21.3 Å². The maximum absolute atomic E-state index is 6.14. The molecular weight excluding hydrogens is 210 g/mol. The third kappa shape index (κ3) is 3.53. The van der Waals surface area contributed by atoms with Crippen LogP contribution in [-0.4, -0.2) is 35.7 Å². The second-order valence-corrected chi connectivity index (χ2v) is 8.02. The summed E-state index contributed by atoms with van der Waals surface area (Å²) in [5.74, 6) is 0. The molecule has 4 nitrogen and oxygen atoms in total. The minimum atomic E-state index is -2.54. The predicted octanol–water partition coefficient (Wildman–Crippen LogP) is 1.63. The van der Waals surface area contributed by atoms with Crippen molar-refractivity contribution in [2.24, 2.45) is 11.1 Å². The first-order valence-corrected chi connectivity index (χ1v) is 7.01. The van der Waals surface area contributed by atoms with Gasteiger partial charge in [0.1, 0.15) is 0 Å². The molecule has 92 valence electrons. The Hall–Kier alpha value is 0.0569. The molecule has 2 N–H and O–H groups in total. The molecule has 0 spiro atoms. The number of hydrogen-bond donors (Lipinski definition) is 1. The molecule has 0 heterocycles. The highest BCUT2D eigenvalue weighted by atomic mass is 28.4. The highest BCUT2D eigenvalue weighted by Crippen LogP contribution is 2.37. The monoisotopic (exact) mass is 235 g/mol. The third-order valence-electron chi connectivity index (χ3n) is 3.34. The lowest BCUT2D eigenvalue weighted by molar-refractivity contribution is 0.0959. The molecule has 0 rings (SSSR count). The average molecular weight is 235 g/mol. The molecule has 0 aliphatic carbocycles. The molecule has 0 saturated heterocycles. The van der Waals surface area contributed by atoms with Crippen molar-refractivity contribution in [3.05, 3.63) is 0 Å². The first-order chi connectivity index (χ1) is 6.64. The molecule has 0 aromatic carbocycles. The molecule has 0 saturated carbocycles. The van der Waals surface area contributed by atoms with Crippen molar-refractivity contribution in [1.29, 1.82) is 0 Å². The lowest BCUT2D eigenvalue weighted by atomic mass is 9.77. The van der Waals surface area contributed by atoms with E-state index < -0.39 is 8.80 Å². The fraction of sp³-hybridized carbons (Fsp3) is 1.00. The zero-order valence-corrected chi connectivity index (χ0v) is 12.0. The van der Waals surface area contributed by atoms with Crippen LogP contribution >= 0.6 is 0 Å². The summed E-state index contributed by atoms with van der Waals surface area (Å²) in [6.45, 7) is 8.22. The highest BCUT2D eigenvalue weighted by Gasteiger charge is 2.48. The van der Waals surface area contributed by atoms with Gasteiger partial charge in [0.15, 0.2) is 0 Å². The van der Waals surface area contributed by atoms with Crippen LogP contribution in [0.25, 0.3) is 0 Å². The second-order valence-electron chi connectivity index (χ2n) is 5.08. The number of nitrogens with two attached hydrogens (primary N) is 1. The largest absolute Gasteiger partial charge is 0.500 e. The van der Waals surface area contributed by atoms with Gasteiger partial charge in [0, 0.05) is 32.9 Å². The SMILES string of the molecule is CO[Si](CC(C)(C)C(C)(C)N)(OC)OC. The maximum atomic E-state index is 6.14. The topological polar surface area (TPSA) is 53.7 Å². The fourth-order valence-corrected chi connectivity index (χ4v) is 3.71. The standard InChI is InChI=1S/C10H25NO3Si/c1-9(2,10(3,4)11)8-15(12-5,13-6)14-7/h8,11H2,1-7H3. The fourth-order valence-electron chi connectivity index (χ4n) is 1.24. The molecule has 15 heavy (non-hydrogen) atoms. The van der Waals surface area contributed by atoms with Crippen LogP contribution in [0.5, 0.6) is 0 Å². The summed E-state index contributed by atoms with van der Waals surface area (Å²) in [4.78, 5) is 0. The van der Waals surface area contributed by atoms with E-state index in [1.54, 1.807) is 21.3 Å². The van der Waals surface area contributed by atoms with Crippen molar-refractivity contribution >= 4 is 8.80 Å². The lowest BCUT2D eigenvalue weighted by Crippen LogP contribution is -2.55. The first kappa shape index (κ1) is 15.1. The summed E-state index contributed by atoms with van der Waals surface area (Å²) in [5, 5.41) is 0. The van der Waals surface area contributed by atoms with Crippen LogP contribution in [-0.2, 0) is 13.3 Å². The van der Waals surface area contributed by atoms with Gasteiger partial charge in [-0.05, 0) is 19.3 Å². The number of hydrogen-bond acceptors (Lipinski definition) is 4. The summed E-state index contributed by atoms with van der Waals surface area (Å²) in [6.07, 6.45) is 0. The molecule has 0 aromatic heterocycles. The second kappa shape index (κ2) is 4.93. The lowest BCUT2D eigenvalue weighted by Gasteiger charge is -2.42. The predicted molar refractivity (Wildman–Crippen MR) is 63.6 cm³/mol. The van der Waals surface area contributed by atoms with Gasteiger partial charge in [0.2, 0.25) is 0 Å². The van der Waals surface area contributed by atoms with E-state index in [-0.39, 0.29) is 11.0 Å². The summed E-state index contributed by atoms with van der Waals surface area (Å²) in [5.41, 5.74) is 5.73. The maximum Gasteiger partial charge on any atom is 0.500 e. The molecule has 0 fully saturated rings. The molecule has 5 heteroatoms. The zero-order valence-electron chi connectivity index (χ0n) is 11.0. The molecule has 0 bridgehead atoms. The Morgan fingerprint density at radius 2 is 1.27 bits per heavy atom. The zero-order chi connectivity index (χ0) is 12.3. The Morgan fingerprint density at radius 3 is 1.47 bits per heavy atom. The van der Waals surface area contributed by atoms with Gasteiger partial charge in [-0.25, -0.2) is 0 Å². The summed E-state index contributed by atoms with van der Waals surface area (Å²) < 4.78 is 16.2. The quantitative estimate of drug-likeness (QED) is 0.711. The van der Waals surface area contributed by atoms with Crippen LogP contribution < -0.4 is 5.73 Å². The van der Waals surface area contributed by atoms with E-state index in [0.29, 0.717) is 6.04 Å². The van der Waals surface area contributed by atoms with E-state index in [4.69, 9.17) is 19.0 Å². The van der Waals surface area contributed by atoms with Crippen molar-refractivity contribution in [2.45, 2.75) is 39.3 Å². The van der Waals surface area contributed by atoms with Gasteiger partial charge in [0.25, 0.3) is 0 Å². The van der Waals surface area contributed by atoms with Crippen LogP contribution in [0.2, 0.25) is 6.04 Å². The highest BCUT2D eigenvalue weighted by molar-refractivity contribution is 6.60. The molecule has 0 atom stereocenters. The Morgan fingerprint density at radius 1 is 0.933 bits per heavy atom. The van der Waals surface area contributed by atoms with Gasteiger partial charge in [-0.3, -0.25) is 0 Å². The van der Waals surface area contributed by atoms with Gasteiger partial charge in [0.05, 0.1) is 0 Å². The Kier molecular flexibility index (Phi) is 4.94. The van der Waals surface area contributed by atoms with Crippen LogP contribution in [0.3, 0.4) is 0 Å². The van der Waals surface area contributed by atoms with Gasteiger partial charge in [-0.2, -0.15) is 0 Å². The third-order valence-corrected chi connectivity index (χ3v) is 6.52. The Labute approximate surface area is 94.5 Å². The van der Waals surface area contributed by atoms with E-state index in [9.17, 15) is 0 Å². The van der Waals surface area contributed by atoms with Gasteiger partial charge >= 0.3 is 8.80 Å². The molecule has 0 aromatic rings. The Bertz CT molecular complexity index is 189. The number of rotatable bonds is 6. The average Bonchev–Trinajstić information content (AvgIpc) is 2.12. The van der Waals surface area contributed by atoms with Crippen LogP contribution in [0.15, 0.2) is 0 Å². The molecule has 0 amide bonds. The Balaban J connectivity index is 4.82. The minimum absolute atomic E-state index is 0.110. The summed E-state index contributed by atoms with van der Waals surface area (Å²) in [6, 6.07) is 0.701. The summed E-state index contributed by atoms with van der Waals surface area (Å²) in [7, 11) is 2.33. The normalized spacial score (nSPS) is 14.4. The molecule has 0 aliphatic rings. The molecule has 0 radical (unpaired) electrons. The van der Waals surface area contributed by atoms with E-state index >= 15 is 0 Å².